The van der Waals surface area contributed by atoms with E-state index in [4.69, 9.17) is 10.7 Å². The molecule has 0 unspecified atom stereocenters. The quantitative estimate of drug-likeness (QED) is 0.668. The number of amides is 1. The summed E-state index contributed by atoms with van der Waals surface area (Å²) >= 11 is 0. The minimum atomic E-state index is -0.139. The number of carbonyl (C=O) groups excluding carboxylic acids is 1. The lowest BCUT2D eigenvalue weighted by atomic mass is 10.1. The first-order valence-electron chi connectivity index (χ1n) is 5.24. The lowest BCUT2D eigenvalue weighted by Gasteiger charge is -2.29. The summed E-state index contributed by atoms with van der Waals surface area (Å²) in [7, 11) is 0. The molecule has 0 spiro atoms. The van der Waals surface area contributed by atoms with Crippen molar-refractivity contribution in [3.63, 3.8) is 0 Å². The van der Waals surface area contributed by atoms with Crippen molar-refractivity contribution in [2.45, 2.75) is 25.9 Å². The average Bonchev–Trinajstić information content (AvgIpc) is 2.75. The van der Waals surface area contributed by atoms with Crippen LogP contribution < -0.4 is 5.90 Å². The summed E-state index contributed by atoms with van der Waals surface area (Å²) in [6.07, 6.45) is 1.56. The predicted octanol–water partition coefficient (Wildman–Crippen LogP) is -0.392. The molecule has 7 heteroatoms. The summed E-state index contributed by atoms with van der Waals surface area (Å²) in [5, 5.41) is 6.50. The number of aryl methyl sites for hydroxylation is 1. The zero-order chi connectivity index (χ0) is 11.5. The number of carbonyl (C=O) groups is 1. The van der Waals surface area contributed by atoms with E-state index in [2.05, 4.69) is 15.2 Å². The first kappa shape index (κ1) is 11.0. The fraction of sp³-hybridized carbons (Fsp3) is 0.667. The van der Waals surface area contributed by atoms with Gasteiger partial charge in [-0.3, -0.25) is 9.89 Å². The van der Waals surface area contributed by atoms with Crippen LogP contribution in [-0.2, 0) is 4.84 Å². The minimum Gasteiger partial charge on any atom is -0.336 e. The van der Waals surface area contributed by atoms with Gasteiger partial charge in [0.1, 0.15) is 5.82 Å². The van der Waals surface area contributed by atoms with E-state index in [1.54, 1.807) is 11.8 Å². The highest BCUT2D eigenvalue weighted by atomic mass is 16.6. The molecule has 0 aliphatic carbocycles. The van der Waals surface area contributed by atoms with Gasteiger partial charge >= 0.3 is 0 Å². The number of piperidine rings is 1. The molecule has 16 heavy (non-hydrogen) atoms. The molecule has 0 bridgehead atoms. The number of aromatic nitrogens is 3. The second-order valence-electron chi connectivity index (χ2n) is 3.87. The van der Waals surface area contributed by atoms with Crippen molar-refractivity contribution >= 4 is 5.91 Å². The molecule has 0 aromatic carbocycles. The van der Waals surface area contributed by atoms with Crippen molar-refractivity contribution in [1.29, 1.82) is 0 Å². The van der Waals surface area contributed by atoms with E-state index >= 15 is 0 Å². The Labute approximate surface area is 92.9 Å². The molecule has 1 amide bonds. The van der Waals surface area contributed by atoms with Gasteiger partial charge in [0.05, 0.1) is 6.10 Å². The third-order valence-electron chi connectivity index (χ3n) is 2.71. The van der Waals surface area contributed by atoms with Crippen LogP contribution in [0.1, 0.15) is 29.3 Å². The number of hydrogen-bond donors (Lipinski definition) is 2. The van der Waals surface area contributed by atoms with Crippen LogP contribution in [0.2, 0.25) is 0 Å². The van der Waals surface area contributed by atoms with E-state index in [0.29, 0.717) is 18.9 Å². The largest absolute Gasteiger partial charge is 0.336 e. The highest BCUT2D eigenvalue weighted by molar-refractivity contribution is 5.90. The molecule has 1 aromatic rings. The minimum absolute atomic E-state index is 0.0536. The fourth-order valence-electron chi connectivity index (χ4n) is 1.77. The lowest BCUT2D eigenvalue weighted by molar-refractivity contribution is 0.00749. The molecular weight excluding hydrogens is 210 g/mol. The van der Waals surface area contributed by atoms with Gasteiger partial charge in [0.25, 0.3) is 5.91 Å². The zero-order valence-electron chi connectivity index (χ0n) is 9.14. The maximum Gasteiger partial charge on any atom is 0.293 e. The van der Waals surface area contributed by atoms with Crippen molar-refractivity contribution in [3.8, 4) is 0 Å². The Balaban J connectivity index is 1.96. The van der Waals surface area contributed by atoms with E-state index in [1.165, 1.54) is 0 Å². The highest BCUT2D eigenvalue weighted by Gasteiger charge is 2.25. The first-order chi connectivity index (χ1) is 7.70. The van der Waals surface area contributed by atoms with Crippen molar-refractivity contribution in [2.24, 2.45) is 5.90 Å². The van der Waals surface area contributed by atoms with E-state index in [0.717, 1.165) is 12.8 Å². The first-order valence-corrected chi connectivity index (χ1v) is 5.24. The van der Waals surface area contributed by atoms with Crippen LogP contribution in [0, 0.1) is 6.92 Å². The standard InChI is InChI=1S/C9H15N5O2/c1-6-11-8(13-12-6)9(15)14-4-2-7(16-10)3-5-14/h7H,2-5,10H2,1H3,(H,11,12,13). The number of likely N-dealkylation sites (tertiary alicyclic amines) is 1. The summed E-state index contributed by atoms with van der Waals surface area (Å²) in [5.41, 5.74) is 0. The molecule has 2 rings (SSSR count). The molecule has 0 radical (unpaired) electrons. The molecule has 1 aliphatic rings. The second kappa shape index (κ2) is 4.58. The number of nitrogens with one attached hydrogen (secondary N) is 1. The van der Waals surface area contributed by atoms with Crippen LogP contribution in [-0.4, -0.2) is 45.2 Å². The molecule has 1 aliphatic heterocycles. The smallest absolute Gasteiger partial charge is 0.293 e. The highest BCUT2D eigenvalue weighted by Crippen LogP contribution is 2.13. The number of rotatable bonds is 2. The predicted molar refractivity (Wildman–Crippen MR) is 55.3 cm³/mol. The molecule has 88 valence electrons. The van der Waals surface area contributed by atoms with Crippen LogP contribution in [0.5, 0.6) is 0 Å². The fourth-order valence-corrected chi connectivity index (χ4v) is 1.77. The van der Waals surface area contributed by atoms with Crippen molar-refractivity contribution < 1.29 is 9.63 Å². The maximum atomic E-state index is 11.9. The maximum absolute atomic E-state index is 11.9. The van der Waals surface area contributed by atoms with Crippen molar-refractivity contribution in [1.82, 2.24) is 20.1 Å². The molecule has 1 aromatic heterocycles. The number of H-pyrrole nitrogens is 1. The Kier molecular flexibility index (Phi) is 3.16. The summed E-state index contributed by atoms with van der Waals surface area (Å²) in [6.45, 7) is 3.03. The number of nitrogens with zero attached hydrogens (tertiary/aromatic N) is 3. The van der Waals surface area contributed by atoms with Gasteiger partial charge in [-0.25, -0.2) is 10.9 Å². The normalized spacial score (nSPS) is 17.8. The van der Waals surface area contributed by atoms with Crippen LogP contribution in [0.15, 0.2) is 0 Å². The number of nitrogens with two attached hydrogens (primary N) is 1. The van der Waals surface area contributed by atoms with Crippen molar-refractivity contribution in [3.05, 3.63) is 11.6 Å². The monoisotopic (exact) mass is 225 g/mol. The third-order valence-corrected chi connectivity index (χ3v) is 2.71. The third kappa shape index (κ3) is 2.20. The lowest BCUT2D eigenvalue weighted by Crippen LogP contribution is -2.41. The van der Waals surface area contributed by atoms with Crippen molar-refractivity contribution in [2.75, 3.05) is 13.1 Å². The molecule has 0 atom stereocenters. The van der Waals surface area contributed by atoms with Crippen LogP contribution >= 0.6 is 0 Å². The van der Waals surface area contributed by atoms with Gasteiger partial charge in [-0.2, -0.15) is 0 Å². The second-order valence-corrected chi connectivity index (χ2v) is 3.87. The van der Waals surface area contributed by atoms with Gasteiger partial charge in [-0.05, 0) is 19.8 Å². The van der Waals surface area contributed by atoms with Gasteiger partial charge in [-0.1, -0.05) is 0 Å². The van der Waals surface area contributed by atoms with E-state index in [9.17, 15) is 4.79 Å². The van der Waals surface area contributed by atoms with E-state index < -0.39 is 0 Å². The number of hydrogen-bond acceptors (Lipinski definition) is 5. The molecular formula is C9H15N5O2. The van der Waals surface area contributed by atoms with Crippen LogP contribution in [0.4, 0.5) is 0 Å². The summed E-state index contributed by atoms with van der Waals surface area (Å²) in [5.74, 6) is 5.84. The zero-order valence-corrected chi connectivity index (χ0v) is 9.14. The molecule has 2 heterocycles. The Bertz CT molecular complexity index is 370. The van der Waals surface area contributed by atoms with E-state index in [-0.39, 0.29) is 17.8 Å². The summed E-state index contributed by atoms with van der Waals surface area (Å²) in [6, 6.07) is 0. The topological polar surface area (TPSA) is 97.1 Å². The SMILES string of the molecule is Cc1nc(C(=O)N2CCC(ON)CC2)n[nH]1. The Morgan fingerprint density at radius 3 is 2.75 bits per heavy atom. The molecule has 7 nitrogen and oxygen atoms in total. The molecule has 3 N–H and O–H groups in total. The van der Waals surface area contributed by atoms with E-state index in [1.807, 2.05) is 0 Å². The van der Waals surface area contributed by atoms with Crippen LogP contribution in [0.3, 0.4) is 0 Å². The van der Waals surface area contributed by atoms with Gasteiger partial charge < -0.3 is 9.74 Å². The molecule has 1 saturated heterocycles. The van der Waals surface area contributed by atoms with Gasteiger partial charge in [0.15, 0.2) is 0 Å². The summed E-state index contributed by atoms with van der Waals surface area (Å²) in [4.78, 5) is 22.4. The Morgan fingerprint density at radius 1 is 1.56 bits per heavy atom. The van der Waals surface area contributed by atoms with Gasteiger partial charge in [-0.15, -0.1) is 5.10 Å². The Hall–Kier alpha value is -1.47. The van der Waals surface area contributed by atoms with Gasteiger partial charge in [0, 0.05) is 13.1 Å². The molecule has 0 saturated carbocycles. The number of aromatic amines is 1. The summed E-state index contributed by atoms with van der Waals surface area (Å²) < 4.78 is 0. The average molecular weight is 225 g/mol. The Morgan fingerprint density at radius 2 is 2.25 bits per heavy atom. The molecule has 1 fully saturated rings. The van der Waals surface area contributed by atoms with Crippen LogP contribution in [0.25, 0.3) is 0 Å². The van der Waals surface area contributed by atoms with Gasteiger partial charge in [0.2, 0.25) is 5.82 Å².